The highest BCUT2D eigenvalue weighted by Gasteiger charge is 2.17. The summed E-state index contributed by atoms with van der Waals surface area (Å²) in [5, 5.41) is 4.45. The van der Waals surface area contributed by atoms with E-state index >= 15 is 0 Å². The van der Waals surface area contributed by atoms with E-state index in [2.05, 4.69) is 37.4 Å². The van der Waals surface area contributed by atoms with Crippen LogP contribution >= 0.6 is 0 Å². The lowest BCUT2D eigenvalue weighted by atomic mass is 10.1. The molecule has 98 valence electrons. The lowest BCUT2D eigenvalue weighted by Gasteiger charge is -2.17. The second-order valence-corrected chi connectivity index (χ2v) is 4.81. The molecule has 3 heteroatoms. The second kappa shape index (κ2) is 5.55. The number of furan rings is 1. The molecule has 3 nitrogen and oxygen atoms in total. The van der Waals surface area contributed by atoms with Crippen LogP contribution in [0.2, 0.25) is 0 Å². The first kappa shape index (κ1) is 13.1. The van der Waals surface area contributed by atoms with Crippen molar-refractivity contribution in [3.05, 3.63) is 35.6 Å². The van der Waals surface area contributed by atoms with Crippen LogP contribution in [0.15, 0.2) is 28.7 Å². The van der Waals surface area contributed by atoms with Crippen LogP contribution in [0.25, 0.3) is 11.0 Å². The number of aryl methyl sites for hydroxylation is 1. The number of ether oxygens (including phenoxy) is 1. The molecule has 1 aromatic heterocycles. The van der Waals surface area contributed by atoms with Crippen molar-refractivity contribution in [1.82, 2.24) is 5.32 Å². The first-order valence-electron chi connectivity index (χ1n) is 6.34. The molecule has 0 aliphatic heterocycles. The maximum atomic E-state index is 5.90. The van der Waals surface area contributed by atoms with Gasteiger partial charge in [-0.05, 0) is 45.5 Å². The topological polar surface area (TPSA) is 34.4 Å². The Bertz CT molecular complexity index is 518. The van der Waals surface area contributed by atoms with Crippen molar-refractivity contribution < 1.29 is 9.15 Å². The van der Waals surface area contributed by atoms with Crippen LogP contribution in [0.1, 0.15) is 30.7 Å². The minimum atomic E-state index is 0.188. The average Bonchev–Trinajstić information content (AvgIpc) is 2.78. The summed E-state index contributed by atoms with van der Waals surface area (Å²) in [6, 6.07) is 8.55. The summed E-state index contributed by atoms with van der Waals surface area (Å²) in [4.78, 5) is 0. The Morgan fingerprint density at radius 1 is 1.33 bits per heavy atom. The molecule has 0 aliphatic rings. The highest BCUT2D eigenvalue weighted by Crippen LogP contribution is 2.27. The summed E-state index contributed by atoms with van der Waals surface area (Å²) in [5.74, 6) is 0.974. The van der Waals surface area contributed by atoms with E-state index in [1.165, 1.54) is 5.56 Å². The smallest absolute Gasteiger partial charge is 0.134 e. The van der Waals surface area contributed by atoms with Gasteiger partial charge < -0.3 is 14.5 Å². The Labute approximate surface area is 108 Å². The molecular formula is C15H21NO2. The summed E-state index contributed by atoms with van der Waals surface area (Å²) in [5.41, 5.74) is 2.20. The van der Waals surface area contributed by atoms with E-state index in [0.29, 0.717) is 0 Å². The van der Waals surface area contributed by atoms with Crippen LogP contribution in [0.4, 0.5) is 0 Å². The van der Waals surface area contributed by atoms with Crippen LogP contribution in [0, 0.1) is 6.92 Å². The lowest BCUT2D eigenvalue weighted by molar-refractivity contribution is 0.0988. The fourth-order valence-electron chi connectivity index (χ4n) is 2.16. The molecule has 1 N–H and O–H groups in total. The summed E-state index contributed by atoms with van der Waals surface area (Å²) in [7, 11) is 3.69. The highest BCUT2D eigenvalue weighted by molar-refractivity contribution is 5.78. The van der Waals surface area contributed by atoms with Gasteiger partial charge in [0, 0.05) is 12.5 Å². The average molecular weight is 247 g/mol. The Balaban J connectivity index is 2.28. The number of hydrogen-bond acceptors (Lipinski definition) is 3. The van der Waals surface area contributed by atoms with Crippen LogP contribution in [0.5, 0.6) is 0 Å². The molecule has 2 unspecified atom stereocenters. The van der Waals surface area contributed by atoms with Gasteiger partial charge in [0.2, 0.25) is 0 Å². The number of nitrogens with one attached hydrogen (secondary N) is 1. The first-order valence-corrected chi connectivity index (χ1v) is 6.34. The summed E-state index contributed by atoms with van der Waals surface area (Å²) in [6.45, 7) is 4.16. The van der Waals surface area contributed by atoms with Crippen LogP contribution < -0.4 is 5.32 Å². The molecule has 0 bridgehead atoms. The molecule has 1 heterocycles. The molecule has 2 rings (SSSR count). The Morgan fingerprint density at radius 3 is 2.78 bits per heavy atom. The van der Waals surface area contributed by atoms with E-state index in [1.807, 2.05) is 13.1 Å². The lowest BCUT2D eigenvalue weighted by Crippen LogP contribution is -2.21. The standard InChI is InChI=1S/C15H21NO2/c1-10-5-6-14-12(7-10)9-15(18-14)13(16-3)8-11(2)17-4/h5-7,9,11,13,16H,8H2,1-4H3. The number of fused-ring (bicyclic) bond motifs is 1. The summed E-state index contributed by atoms with van der Waals surface area (Å²) >= 11 is 0. The van der Waals surface area contributed by atoms with E-state index < -0.39 is 0 Å². The van der Waals surface area contributed by atoms with E-state index in [1.54, 1.807) is 7.11 Å². The van der Waals surface area contributed by atoms with Gasteiger partial charge in [-0.15, -0.1) is 0 Å². The fourth-order valence-corrected chi connectivity index (χ4v) is 2.16. The zero-order valence-electron chi connectivity index (χ0n) is 11.5. The van der Waals surface area contributed by atoms with Crippen LogP contribution in [-0.4, -0.2) is 20.3 Å². The maximum Gasteiger partial charge on any atom is 0.134 e. The molecule has 0 radical (unpaired) electrons. The Kier molecular flexibility index (Phi) is 4.04. The van der Waals surface area contributed by atoms with E-state index in [-0.39, 0.29) is 12.1 Å². The number of rotatable bonds is 5. The molecule has 0 saturated heterocycles. The van der Waals surface area contributed by atoms with Gasteiger partial charge in [-0.1, -0.05) is 11.6 Å². The normalized spacial score (nSPS) is 14.9. The molecule has 2 aromatic rings. The second-order valence-electron chi connectivity index (χ2n) is 4.81. The summed E-state index contributed by atoms with van der Waals surface area (Å²) < 4.78 is 11.2. The monoisotopic (exact) mass is 247 g/mol. The van der Waals surface area contributed by atoms with E-state index in [9.17, 15) is 0 Å². The van der Waals surface area contributed by atoms with Crippen molar-refractivity contribution in [2.24, 2.45) is 0 Å². The van der Waals surface area contributed by atoms with Gasteiger partial charge in [0.1, 0.15) is 11.3 Å². The van der Waals surface area contributed by atoms with Crippen molar-refractivity contribution in [1.29, 1.82) is 0 Å². The minimum absolute atomic E-state index is 0.188. The zero-order chi connectivity index (χ0) is 13.1. The molecule has 0 amide bonds. The third kappa shape index (κ3) is 2.74. The Hall–Kier alpha value is -1.32. The van der Waals surface area contributed by atoms with Crippen molar-refractivity contribution in [3.8, 4) is 0 Å². The molecule has 0 saturated carbocycles. The van der Waals surface area contributed by atoms with Gasteiger partial charge in [0.25, 0.3) is 0 Å². The molecule has 0 aliphatic carbocycles. The van der Waals surface area contributed by atoms with Crippen molar-refractivity contribution in [3.63, 3.8) is 0 Å². The van der Waals surface area contributed by atoms with Crippen LogP contribution in [0.3, 0.4) is 0 Å². The third-order valence-corrected chi connectivity index (χ3v) is 3.35. The van der Waals surface area contributed by atoms with Crippen molar-refractivity contribution in [2.45, 2.75) is 32.4 Å². The Morgan fingerprint density at radius 2 is 2.11 bits per heavy atom. The highest BCUT2D eigenvalue weighted by atomic mass is 16.5. The van der Waals surface area contributed by atoms with E-state index in [0.717, 1.165) is 23.2 Å². The van der Waals surface area contributed by atoms with Gasteiger partial charge >= 0.3 is 0 Å². The van der Waals surface area contributed by atoms with Gasteiger partial charge in [-0.3, -0.25) is 0 Å². The maximum absolute atomic E-state index is 5.90. The summed E-state index contributed by atoms with van der Waals surface area (Å²) in [6.07, 6.45) is 1.10. The molecular weight excluding hydrogens is 226 g/mol. The van der Waals surface area contributed by atoms with Gasteiger partial charge in [0.15, 0.2) is 0 Å². The largest absolute Gasteiger partial charge is 0.459 e. The quantitative estimate of drug-likeness (QED) is 0.879. The predicted octanol–water partition coefficient (Wildman–Crippen LogP) is 3.43. The van der Waals surface area contributed by atoms with Crippen molar-refractivity contribution in [2.75, 3.05) is 14.2 Å². The molecule has 18 heavy (non-hydrogen) atoms. The number of methoxy groups -OCH3 is 1. The van der Waals surface area contributed by atoms with Gasteiger partial charge in [0.05, 0.1) is 12.1 Å². The van der Waals surface area contributed by atoms with Crippen molar-refractivity contribution >= 4 is 11.0 Å². The third-order valence-electron chi connectivity index (χ3n) is 3.35. The van der Waals surface area contributed by atoms with Gasteiger partial charge in [-0.25, -0.2) is 0 Å². The number of hydrogen-bond donors (Lipinski definition) is 1. The zero-order valence-corrected chi connectivity index (χ0v) is 11.5. The molecule has 0 fully saturated rings. The molecule has 0 spiro atoms. The first-order chi connectivity index (χ1) is 8.63. The fraction of sp³-hybridized carbons (Fsp3) is 0.467. The molecule has 1 aromatic carbocycles. The predicted molar refractivity (Wildman–Crippen MR) is 73.8 cm³/mol. The van der Waals surface area contributed by atoms with E-state index in [4.69, 9.17) is 9.15 Å². The SMILES string of the molecule is CNC(CC(C)OC)c1cc2cc(C)ccc2o1. The van der Waals surface area contributed by atoms with Gasteiger partial charge in [-0.2, -0.15) is 0 Å². The minimum Gasteiger partial charge on any atom is -0.459 e. The van der Waals surface area contributed by atoms with Crippen LogP contribution in [-0.2, 0) is 4.74 Å². The molecule has 2 atom stereocenters. The number of benzene rings is 1.